The van der Waals surface area contributed by atoms with E-state index in [2.05, 4.69) is 0 Å². The smallest absolute Gasteiger partial charge is 0.306 e. The number of rotatable bonds is 3. The van der Waals surface area contributed by atoms with Crippen molar-refractivity contribution in [1.82, 2.24) is 4.31 Å². The molecular weight excluding hydrogens is 325 g/mol. The minimum atomic E-state index is -3.71. The molecule has 0 bridgehead atoms. The van der Waals surface area contributed by atoms with Gasteiger partial charge >= 0.3 is 5.97 Å². The molecule has 0 atom stereocenters. The third kappa shape index (κ3) is 3.09. The van der Waals surface area contributed by atoms with Gasteiger partial charge in [-0.2, -0.15) is 4.31 Å². The van der Waals surface area contributed by atoms with Crippen molar-refractivity contribution in [1.29, 1.82) is 0 Å². The van der Waals surface area contributed by atoms with Crippen LogP contribution in [0.2, 0.25) is 10.0 Å². The quantitative estimate of drug-likeness (QED) is 0.919. The van der Waals surface area contributed by atoms with Crippen molar-refractivity contribution in [3.05, 3.63) is 28.2 Å². The molecule has 5 nitrogen and oxygen atoms in total. The summed E-state index contributed by atoms with van der Waals surface area (Å²) in [6.45, 7) is 0.358. The minimum absolute atomic E-state index is 0.00246. The lowest BCUT2D eigenvalue weighted by atomic mass is 9.99. The van der Waals surface area contributed by atoms with Crippen LogP contribution in [0.25, 0.3) is 0 Å². The molecule has 0 amide bonds. The molecule has 0 saturated carbocycles. The lowest BCUT2D eigenvalue weighted by Crippen LogP contribution is -2.40. The van der Waals surface area contributed by atoms with E-state index >= 15 is 0 Å². The molecule has 2 rings (SSSR count). The Morgan fingerprint density at radius 3 is 2.35 bits per heavy atom. The molecule has 8 heteroatoms. The van der Waals surface area contributed by atoms with E-state index in [0.717, 1.165) is 0 Å². The molecule has 1 aliphatic rings. The second kappa shape index (κ2) is 5.89. The van der Waals surface area contributed by atoms with Crippen LogP contribution in [-0.4, -0.2) is 36.9 Å². The Balaban J connectivity index is 2.22. The van der Waals surface area contributed by atoms with Crippen LogP contribution < -0.4 is 0 Å². The molecule has 0 spiro atoms. The molecule has 110 valence electrons. The zero-order valence-electron chi connectivity index (χ0n) is 10.4. The van der Waals surface area contributed by atoms with E-state index in [9.17, 15) is 13.2 Å². The van der Waals surface area contributed by atoms with Gasteiger partial charge in [-0.15, -0.1) is 0 Å². The van der Waals surface area contributed by atoms with Crippen molar-refractivity contribution < 1.29 is 18.3 Å². The van der Waals surface area contributed by atoms with E-state index in [-0.39, 0.29) is 23.0 Å². The zero-order valence-corrected chi connectivity index (χ0v) is 12.7. The highest BCUT2D eigenvalue weighted by atomic mass is 35.5. The first-order valence-electron chi connectivity index (χ1n) is 6.00. The maximum atomic E-state index is 12.4. The second-order valence-electron chi connectivity index (χ2n) is 4.59. The van der Waals surface area contributed by atoms with Crippen LogP contribution in [-0.2, 0) is 14.8 Å². The summed E-state index contributed by atoms with van der Waals surface area (Å²) in [5.74, 6) is -1.37. The maximum Gasteiger partial charge on any atom is 0.306 e. The highest BCUT2D eigenvalue weighted by molar-refractivity contribution is 7.89. The first-order chi connectivity index (χ1) is 9.32. The van der Waals surface area contributed by atoms with Gasteiger partial charge in [-0.25, -0.2) is 8.42 Å². The summed E-state index contributed by atoms with van der Waals surface area (Å²) in [5, 5.41) is 9.34. The number of sulfonamides is 1. The van der Waals surface area contributed by atoms with Gasteiger partial charge in [0.1, 0.15) is 4.90 Å². The molecule has 20 heavy (non-hydrogen) atoms. The molecule has 0 aromatic heterocycles. The Labute approximate surface area is 127 Å². The average molecular weight is 338 g/mol. The Bertz CT molecular complexity index is 624. The van der Waals surface area contributed by atoms with Crippen molar-refractivity contribution >= 4 is 39.2 Å². The van der Waals surface area contributed by atoms with E-state index in [0.29, 0.717) is 17.9 Å². The predicted molar refractivity (Wildman–Crippen MR) is 75.6 cm³/mol. The van der Waals surface area contributed by atoms with Gasteiger partial charge < -0.3 is 5.11 Å². The third-order valence-corrected chi connectivity index (χ3v) is 5.93. The molecule has 1 aliphatic heterocycles. The standard InChI is InChI=1S/C12H13Cl2NO4S/c13-9-1-2-11(10(14)7-9)20(18,19)15-5-3-8(4-6-15)12(16)17/h1-2,7-8H,3-6H2,(H,16,17). The third-order valence-electron chi connectivity index (χ3n) is 3.31. The lowest BCUT2D eigenvalue weighted by Gasteiger charge is -2.29. The number of nitrogens with zero attached hydrogens (tertiary/aromatic N) is 1. The lowest BCUT2D eigenvalue weighted by molar-refractivity contribution is -0.142. The van der Waals surface area contributed by atoms with Crippen LogP contribution in [0.3, 0.4) is 0 Å². The molecule has 1 heterocycles. The van der Waals surface area contributed by atoms with E-state index in [1.165, 1.54) is 22.5 Å². The van der Waals surface area contributed by atoms with E-state index in [4.69, 9.17) is 28.3 Å². The number of halogens is 2. The van der Waals surface area contributed by atoms with Crippen molar-refractivity contribution in [2.24, 2.45) is 5.92 Å². The van der Waals surface area contributed by atoms with Gasteiger partial charge in [0.15, 0.2) is 0 Å². The van der Waals surface area contributed by atoms with Gasteiger partial charge in [0.2, 0.25) is 10.0 Å². The van der Waals surface area contributed by atoms with E-state index < -0.39 is 21.9 Å². The Hall–Kier alpha value is -0.820. The van der Waals surface area contributed by atoms with E-state index in [1.54, 1.807) is 0 Å². The van der Waals surface area contributed by atoms with Gasteiger partial charge in [-0.05, 0) is 31.0 Å². The molecule has 0 radical (unpaired) electrons. The van der Waals surface area contributed by atoms with E-state index in [1.807, 2.05) is 0 Å². The summed E-state index contributed by atoms with van der Waals surface area (Å²) in [6, 6.07) is 4.20. The van der Waals surface area contributed by atoms with Gasteiger partial charge in [0, 0.05) is 18.1 Å². The summed E-state index contributed by atoms with van der Waals surface area (Å²) in [7, 11) is -3.71. The molecule has 1 N–H and O–H groups in total. The summed E-state index contributed by atoms with van der Waals surface area (Å²) >= 11 is 11.7. The van der Waals surface area contributed by atoms with Gasteiger partial charge in [0.05, 0.1) is 10.9 Å². The highest BCUT2D eigenvalue weighted by Gasteiger charge is 2.32. The number of carboxylic acids is 1. The molecule has 1 fully saturated rings. The zero-order chi connectivity index (χ0) is 14.9. The van der Waals surface area contributed by atoms with Crippen molar-refractivity contribution in [2.75, 3.05) is 13.1 Å². The fourth-order valence-corrected chi connectivity index (χ4v) is 4.38. The first kappa shape index (κ1) is 15.6. The molecule has 1 saturated heterocycles. The van der Waals surface area contributed by atoms with Crippen molar-refractivity contribution in [3.8, 4) is 0 Å². The fraction of sp³-hybridized carbons (Fsp3) is 0.417. The number of hydrogen-bond acceptors (Lipinski definition) is 3. The van der Waals surface area contributed by atoms with Gasteiger partial charge in [-0.3, -0.25) is 4.79 Å². The largest absolute Gasteiger partial charge is 0.481 e. The number of carboxylic acid groups (broad SMARTS) is 1. The number of hydrogen-bond donors (Lipinski definition) is 1. The van der Waals surface area contributed by atoms with Crippen LogP contribution >= 0.6 is 23.2 Å². The average Bonchev–Trinajstić information content (AvgIpc) is 2.38. The molecule has 1 aromatic carbocycles. The number of benzene rings is 1. The van der Waals surface area contributed by atoms with Crippen LogP contribution in [0.4, 0.5) is 0 Å². The summed E-state index contributed by atoms with van der Waals surface area (Å²) in [6.07, 6.45) is 0.611. The maximum absolute atomic E-state index is 12.4. The van der Waals surface area contributed by atoms with Crippen LogP contribution in [0, 0.1) is 5.92 Å². The minimum Gasteiger partial charge on any atom is -0.481 e. The second-order valence-corrected chi connectivity index (χ2v) is 7.34. The molecular formula is C12H13Cl2NO4S. The van der Waals surface area contributed by atoms with Crippen molar-refractivity contribution in [3.63, 3.8) is 0 Å². The Morgan fingerprint density at radius 1 is 1.25 bits per heavy atom. The molecule has 1 aromatic rings. The fourth-order valence-electron chi connectivity index (χ4n) is 2.17. The summed E-state index contributed by atoms with van der Waals surface area (Å²) in [5.41, 5.74) is 0. The van der Waals surface area contributed by atoms with Crippen LogP contribution in [0.1, 0.15) is 12.8 Å². The monoisotopic (exact) mass is 337 g/mol. The van der Waals surface area contributed by atoms with Gasteiger partial charge in [-0.1, -0.05) is 23.2 Å². The summed E-state index contributed by atoms with van der Waals surface area (Å²) < 4.78 is 26.2. The molecule has 0 aliphatic carbocycles. The Morgan fingerprint density at radius 2 is 1.85 bits per heavy atom. The number of aliphatic carboxylic acids is 1. The molecule has 0 unspecified atom stereocenters. The van der Waals surface area contributed by atoms with Gasteiger partial charge in [0.25, 0.3) is 0 Å². The van der Waals surface area contributed by atoms with Crippen LogP contribution in [0.5, 0.6) is 0 Å². The highest BCUT2D eigenvalue weighted by Crippen LogP contribution is 2.30. The predicted octanol–water partition coefficient (Wildman–Crippen LogP) is 2.48. The normalized spacial score (nSPS) is 18.1. The number of carbonyl (C=O) groups is 1. The SMILES string of the molecule is O=C(O)C1CCN(S(=O)(=O)c2ccc(Cl)cc2Cl)CC1. The number of piperidine rings is 1. The van der Waals surface area contributed by atoms with Crippen molar-refractivity contribution in [2.45, 2.75) is 17.7 Å². The van der Waals surface area contributed by atoms with Crippen LogP contribution in [0.15, 0.2) is 23.1 Å². The summed E-state index contributed by atoms with van der Waals surface area (Å²) in [4.78, 5) is 10.9. The topological polar surface area (TPSA) is 74.7 Å². The Kier molecular flexibility index (Phi) is 4.59. The first-order valence-corrected chi connectivity index (χ1v) is 8.20.